The second kappa shape index (κ2) is 12.6. The molecule has 0 saturated heterocycles. The molecule has 0 amide bonds. The zero-order valence-electron chi connectivity index (χ0n) is 29.9. The molecule has 0 spiro atoms. The minimum atomic E-state index is 0.915. The van der Waals surface area contributed by atoms with E-state index in [0.29, 0.717) is 0 Å². The van der Waals surface area contributed by atoms with E-state index in [9.17, 15) is 0 Å². The molecule has 9 aromatic carbocycles. The van der Waals surface area contributed by atoms with Crippen LogP contribution in [-0.2, 0) is 0 Å². The molecule has 11 aromatic rings. The van der Waals surface area contributed by atoms with Gasteiger partial charge in [-0.3, -0.25) is 0 Å². The molecule has 3 nitrogen and oxygen atoms in total. The standard InChI is InChI=1S/C52H34N2O/c1-2-12-41(13-3-1)53(43-28-24-38(25-29-43)40-19-18-35-10-4-5-11-39(35)32-40)42-26-20-36(21-27-42)37-22-30-44(31-23-37)54-49-16-8-6-14-45(49)47-34-52-48(33-50(47)54)46-15-7-9-17-51(46)55-52/h1-34H. The Morgan fingerprint density at radius 3 is 1.64 bits per heavy atom. The highest BCUT2D eigenvalue weighted by molar-refractivity contribution is 6.17. The molecule has 0 aliphatic heterocycles. The fourth-order valence-electron chi connectivity index (χ4n) is 8.27. The largest absolute Gasteiger partial charge is 0.456 e. The van der Waals surface area contributed by atoms with Crippen molar-refractivity contribution in [3.63, 3.8) is 0 Å². The molecular weight excluding hydrogens is 669 g/mol. The summed E-state index contributed by atoms with van der Waals surface area (Å²) in [6, 6.07) is 73.9. The Morgan fingerprint density at radius 1 is 0.327 bits per heavy atom. The first-order valence-corrected chi connectivity index (χ1v) is 18.7. The van der Waals surface area contributed by atoms with E-state index in [1.54, 1.807) is 0 Å². The van der Waals surface area contributed by atoms with Gasteiger partial charge >= 0.3 is 0 Å². The first-order valence-electron chi connectivity index (χ1n) is 18.7. The van der Waals surface area contributed by atoms with Crippen molar-refractivity contribution in [1.29, 1.82) is 0 Å². The summed E-state index contributed by atoms with van der Waals surface area (Å²) in [5.41, 5.74) is 13.4. The highest BCUT2D eigenvalue weighted by Crippen LogP contribution is 2.40. The number of hydrogen-bond donors (Lipinski definition) is 0. The van der Waals surface area contributed by atoms with E-state index in [4.69, 9.17) is 4.42 Å². The fraction of sp³-hybridized carbons (Fsp3) is 0. The van der Waals surface area contributed by atoms with Gasteiger partial charge in [-0.15, -0.1) is 0 Å². The third kappa shape index (κ3) is 5.28. The Morgan fingerprint density at radius 2 is 0.891 bits per heavy atom. The summed E-state index contributed by atoms with van der Waals surface area (Å²) >= 11 is 0. The molecule has 0 fully saturated rings. The second-order valence-corrected chi connectivity index (χ2v) is 14.2. The highest BCUT2D eigenvalue weighted by atomic mass is 16.3. The molecule has 0 aliphatic rings. The van der Waals surface area contributed by atoms with Gasteiger partial charge in [-0.05, 0) is 112 Å². The minimum absolute atomic E-state index is 0.915. The quantitative estimate of drug-likeness (QED) is 0.172. The van der Waals surface area contributed by atoms with E-state index in [0.717, 1.165) is 44.7 Å². The predicted molar refractivity (Wildman–Crippen MR) is 231 cm³/mol. The molecule has 2 heterocycles. The van der Waals surface area contributed by atoms with Crippen LogP contribution in [0, 0.1) is 0 Å². The molecule has 2 aromatic heterocycles. The zero-order valence-corrected chi connectivity index (χ0v) is 29.9. The molecule has 0 radical (unpaired) electrons. The van der Waals surface area contributed by atoms with Crippen molar-refractivity contribution in [2.75, 3.05) is 4.90 Å². The maximum Gasteiger partial charge on any atom is 0.136 e. The van der Waals surface area contributed by atoms with E-state index < -0.39 is 0 Å². The van der Waals surface area contributed by atoms with Crippen molar-refractivity contribution in [2.24, 2.45) is 0 Å². The number of fused-ring (bicyclic) bond motifs is 7. The molecule has 55 heavy (non-hydrogen) atoms. The molecule has 258 valence electrons. The van der Waals surface area contributed by atoms with Crippen LogP contribution < -0.4 is 4.90 Å². The number of hydrogen-bond acceptors (Lipinski definition) is 2. The van der Waals surface area contributed by atoms with Crippen LogP contribution in [0.2, 0.25) is 0 Å². The molecular formula is C52H34N2O. The fourth-order valence-corrected chi connectivity index (χ4v) is 8.27. The van der Waals surface area contributed by atoms with Crippen molar-refractivity contribution in [1.82, 2.24) is 4.57 Å². The summed E-state index contributed by atoms with van der Waals surface area (Å²) in [6.07, 6.45) is 0. The van der Waals surface area contributed by atoms with Crippen LogP contribution in [0.5, 0.6) is 0 Å². The molecule has 0 saturated carbocycles. The lowest BCUT2D eigenvalue weighted by Gasteiger charge is -2.26. The van der Waals surface area contributed by atoms with Gasteiger partial charge in [0, 0.05) is 44.3 Å². The third-order valence-corrected chi connectivity index (χ3v) is 11.0. The maximum atomic E-state index is 6.28. The van der Waals surface area contributed by atoms with Gasteiger partial charge < -0.3 is 13.9 Å². The molecule has 0 aliphatic carbocycles. The minimum Gasteiger partial charge on any atom is -0.456 e. The van der Waals surface area contributed by atoms with Gasteiger partial charge in [0.25, 0.3) is 0 Å². The summed E-state index contributed by atoms with van der Waals surface area (Å²) in [6.45, 7) is 0. The highest BCUT2D eigenvalue weighted by Gasteiger charge is 2.17. The predicted octanol–water partition coefficient (Wildman–Crippen LogP) is 14.6. The monoisotopic (exact) mass is 702 g/mol. The van der Waals surface area contributed by atoms with E-state index in [2.05, 4.69) is 204 Å². The normalized spacial score (nSPS) is 11.6. The van der Waals surface area contributed by atoms with Gasteiger partial charge in [0.1, 0.15) is 11.2 Å². The van der Waals surface area contributed by atoms with Crippen LogP contribution in [0.15, 0.2) is 211 Å². The van der Waals surface area contributed by atoms with Crippen molar-refractivity contribution < 1.29 is 4.42 Å². The van der Waals surface area contributed by atoms with E-state index >= 15 is 0 Å². The van der Waals surface area contributed by atoms with Gasteiger partial charge in [-0.25, -0.2) is 0 Å². The number of para-hydroxylation sites is 3. The lowest BCUT2D eigenvalue weighted by Crippen LogP contribution is -2.09. The maximum absolute atomic E-state index is 6.28. The molecule has 0 unspecified atom stereocenters. The number of anilines is 3. The number of nitrogens with zero attached hydrogens (tertiary/aromatic N) is 2. The van der Waals surface area contributed by atoms with Crippen LogP contribution in [0.4, 0.5) is 17.1 Å². The summed E-state index contributed by atoms with van der Waals surface area (Å²) < 4.78 is 8.66. The van der Waals surface area contributed by atoms with Crippen molar-refractivity contribution in [3.8, 4) is 27.9 Å². The zero-order chi connectivity index (χ0) is 36.3. The van der Waals surface area contributed by atoms with Gasteiger partial charge in [0.05, 0.1) is 11.0 Å². The van der Waals surface area contributed by atoms with Gasteiger partial charge in [0.2, 0.25) is 0 Å². The summed E-state index contributed by atoms with van der Waals surface area (Å²) in [5, 5.41) is 7.18. The van der Waals surface area contributed by atoms with Crippen LogP contribution in [-0.4, -0.2) is 4.57 Å². The van der Waals surface area contributed by atoms with Crippen LogP contribution in [0.1, 0.15) is 0 Å². The first-order chi connectivity index (χ1) is 27.2. The Hall–Kier alpha value is -7.36. The van der Waals surface area contributed by atoms with Gasteiger partial charge in [0.15, 0.2) is 0 Å². The van der Waals surface area contributed by atoms with Gasteiger partial charge in [-0.1, -0.05) is 127 Å². The van der Waals surface area contributed by atoms with Crippen LogP contribution in [0.3, 0.4) is 0 Å². The van der Waals surface area contributed by atoms with Crippen molar-refractivity contribution in [3.05, 3.63) is 206 Å². The summed E-state index contributed by atoms with van der Waals surface area (Å²) in [4.78, 5) is 2.32. The summed E-state index contributed by atoms with van der Waals surface area (Å²) in [7, 11) is 0. The lowest BCUT2D eigenvalue weighted by molar-refractivity contribution is 0.669. The smallest absolute Gasteiger partial charge is 0.136 e. The average Bonchev–Trinajstić information content (AvgIpc) is 3.78. The number of aromatic nitrogens is 1. The Balaban J connectivity index is 0.931. The number of rotatable bonds is 6. The van der Waals surface area contributed by atoms with Crippen molar-refractivity contribution >= 4 is 71.6 Å². The van der Waals surface area contributed by atoms with Gasteiger partial charge in [-0.2, -0.15) is 0 Å². The Labute approximate surface area is 318 Å². The van der Waals surface area contributed by atoms with Crippen LogP contribution in [0.25, 0.3) is 82.5 Å². The third-order valence-electron chi connectivity index (χ3n) is 11.0. The van der Waals surface area contributed by atoms with E-state index in [1.807, 2.05) is 12.1 Å². The molecule has 0 bridgehead atoms. The SMILES string of the molecule is c1ccc(N(c2ccc(-c3ccc(-n4c5ccccc5c5cc6oc7ccccc7c6cc54)cc3)cc2)c2ccc(-c3ccc4ccccc4c3)cc2)cc1. The molecule has 11 rings (SSSR count). The first kappa shape index (κ1) is 31.2. The molecule has 3 heteroatoms. The van der Waals surface area contributed by atoms with E-state index in [-0.39, 0.29) is 0 Å². The average molecular weight is 703 g/mol. The van der Waals surface area contributed by atoms with Crippen molar-refractivity contribution in [2.45, 2.75) is 0 Å². The Bertz CT molecular complexity index is 3170. The van der Waals surface area contributed by atoms with E-state index in [1.165, 1.54) is 54.8 Å². The second-order valence-electron chi connectivity index (χ2n) is 14.2. The number of furan rings is 1. The lowest BCUT2D eigenvalue weighted by atomic mass is 10.0. The molecule has 0 atom stereocenters. The Kier molecular flexibility index (Phi) is 7.17. The number of benzene rings is 9. The molecule has 0 N–H and O–H groups in total. The topological polar surface area (TPSA) is 21.3 Å². The summed E-state index contributed by atoms with van der Waals surface area (Å²) in [5.74, 6) is 0. The van der Waals surface area contributed by atoms with Crippen LogP contribution >= 0.6 is 0 Å².